The van der Waals surface area contributed by atoms with Crippen molar-refractivity contribution in [3.8, 4) is 11.5 Å². The summed E-state index contributed by atoms with van der Waals surface area (Å²) >= 11 is 3.41. The maximum atomic E-state index is 12.0. The number of carbonyl (C=O) groups is 1. The first kappa shape index (κ1) is 17.9. The first-order chi connectivity index (χ1) is 12.6. The van der Waals surface area contributed by atoms with Gasteiger partial charge in [-0.3, -0.25) is 0 Å². The quantitative estimate of drug-likeness (QED) is 0.539. The highest BCUT2D eigenvalue weighted by molar-refractivity contribution is 9.10. The summed E-state index contributed by atoms with van der Waals surface area (Å²) in [6, 6.07) is 12.9. The van der Waals surface area contributed by atoms with E-state index in [0.29, 0.717) is 11.3 Å². The van der Waals surface area contributed by atoms with Gasteiger partial charge in [-0.05, 0) is 46.3 Å². The van der Waals surface area contributed by atoms with Crippen LogP contribution in [0.5, 0.6) is 11.5 Å². The molecular weight excluding hydrogens is 398 g/mol. The molecule has 2 aromatic carbocycles. The molecule has 0 spiro atoms. The lowest BCUT2D eigenvalue weighted by Crippen LogP contribution is -2.05. The molecule has 0 radical (unpaired) electrons. The van der Waals surface area contributed by atoms with Gasteiger partial charge in [0.1, 0.15) is 11.5 Å². The summed E-state index contributed by atoms with van der Waals surface area (Å²) in [7, 11) is 3.20. The number of methoxy groups -OCH3 is 2. The predicted octanol–water partition coefficient (Wildman–Crippen LogP) is 4.37. The number of halogens is 1. The van der Waals surface area contributed by atoms with Gasteiger partial charge in [-0.1, -0.05) is 30.4 Å². The largest absolute Gasteiger partial charge is 0.496 e. The molecule has 6 heteroatoms. The molecular formula is C20H16BrNO4. The summed E-state index contributed by atoms with van der Waals surface area (Å²) in [5.41, 5.74) is 1.82. The molecule has 0 N–H and O–H groups in total. The number of aliphatic imine (C=N–C) groups is 1. The van der Waals surface area contributed by atoms with E-state index in [9.17, 15) is 4.79 Å². The van der Waals surface area contributed by atoms with Gasteiger partial charge in [-0.2, -0.15) is 0 Å². The van der Waals surface area contributed by atoms with Crippen molar-refractivity contribution >= 4 is 33.9 Å². The number of nitrogens with zero attached hydrogens (tertiary/aromatic N) is 1. The average Bonchev–Trinajstić information content (AvgIpc) is 3.03. The first-order valence-corrected chi connectivity index (χ1v) is 8.58. The molecule has 0 saturated heterocycles. The molecule has 1 heterocycles. The van der Waals surface area contributed by atoms with E-state index in [-0.39, 0.29) is 11.6 Å². The van der Waals surface area contributed by atoms with E-state index < -0.39 is 5.97 Å². The molecule has 132 valence electrons. The van der Waals surface area contributed by atoms with E-state index >= 15 is 0 Å². The van der Waals surface area contributed by atoms with Crippen LogP contribution in [-0.4, -0.2) is 26.1 Å². The highest BCUT2D eigenvalue weighted by atomic mass is 79.9. The Morgan fingerprint density at radius 1 is 1.08 bits per heavy atom. The van der Waals surface area contributed by atoms with Gasteiger partial charge in [0.2, 0.25) is 5.90 Å². The van der Waals surface area contributed by atoms with Crippen LogP contribution >= 0.6 is 15.9 Å². The van der Waals surface area contributed by atoms with Crippen molar-refractivity contribution in [3.63, 3.8) is 0 Å². The van der Waals surface area contributed by atoms with Crippen LogP contribution < -0.4 is 9.47 Å². The van der Waals surface area contributed by atoms with Gasteiger partial charge in [0.25, 0.3) is 0 Å². The fourth-order valence-electron chi connectivity index (χ4n) is 2.39. The van der Waals surface area contributed by atoms with E-state index in [1.807, 2.05) is 30.3 Å². The van der Waals surface area contributed by atoms with Crippen LogP contribution in [0.25, 0.3) is 6.08 Å². The van der Waals surface area contributed by atoms with Gasteiger partial charge in [0, 0.05) is 11.1 Å². The van der Waals surface area contributed by atoms with E-state index in [1.54, 1.807) is 44.6 Å². The molecule has 0 amide bonds. The average molecular weight is 414 g/mol. The molecule has 5 nitrogen and oxygen atoms in total. The van der Waals surface area contributed by atoms with Crippen molar-refractivity contribution in [1.82, 2.24) is 0 Å². The Morgan fingerprint density at radius 2 is 1.85 bits per heavy atom. The number of hydrogen-bond acceptors (Lipinski definition) is 5. The second-order valence-electron chi connectivity index (χ2n) is 5.31. The molecule has 0 atom stereocenters. The summed E-state index contributed by atoms with van der Waals surface area (Å²) in [5, 5.41) is 0. The van der Waals surface area contributed by atoms with Crippen LogP contribution in [0.15, 0.2) is 69.8 Å². The second kappa shape index (κ2) is 8.01. The van der Waals surface area contributed by atoms with Gasteiger partial charge in [-0.15, -0.1) is 0 Å². The summed E-state index contributed by atoms with van der Waals surface area (Å²) in [5.74, 6) is 1.21. The molecule has 26 heavy (non-hydrogen) atoms. The zero-order valence-corrected chi connectivity index (χ0v) is 15.8. The van der Waals surface area contributed by atoms with Gasteiger partial charge in [0.05, 0.1) is 18.7 Å². The zero-order chi connectivity index (χ0) is 18.5. The lowest BCUT2D eigenvalue weighted by atomic mass is 10.2. The van der Waals surface area contributed by atoms with Crippen LogP contribution in [0.1, 0.15) is 11.1 Å². The Bertz CT molecular complexity index is 931. The highest BCUT2D eigenvalue weighted by Gasteiger charge is 2.24. The molecule has 0 fully saturated rings. The standard InChI is InChI=1S/C20H16BrNO4/c1-24-17-9-4-3-6-13(17)7-5-8-16-20(23)26-19(22-16)14-10-11-18(25-2)15(21)12-14/h3-12H,1-2H3/b7-5+,16-8+. The van der Waals surface area contributed by atoms with E-state index in [4.69, 9.17) is 14.2 Å². The van der Waals surface area contributed by atoms with Crippen molar-refractivity contribution in [1.29, 1.82) is 0 Å². The number of para-hydroxylation sites is 1. The van der Waals surface area contributed by atoms with Crippen molar-refractivity contribution in [2.24, 2.45) is 4.99 Å². The SMILES string of the molecule is COc1ccc(C2=N/C(=C/C=C/c3ccccc3OC)C(=O)O2)cc1Br. The maximum Gasteiger partial charge on any atom is 0.363 e. The number of carbonyl (C=O) groups excluding carboxylic acids is 1. The number of rotatable bonds is 5. The Balaban J connectivity index is 1.82. The minimum Gasteiger partial charge on any atom is -0.496 e. The molecule has 0 bridgehead atoms. The summed E-state index contributed by atoms with van der Waals surface area (Å²) < 4.78 is 16.5. The maximum absolute atomic E-state index is 12.0. The molecule has 1 aliphatic heterocycles. The molecule has 0 aromatic heterocycles. The predicted molar refractivity (Wildman–Crippen MR) is 103 cm³/mol. The third-order valence-corrected chi connectivity index (χ3v) is 4.31. The van der Waals surface area contributed by atoms with Gasteiger partial charge in [-0.25, -0.2) is 9.79 Å². The number of hydrogen-bond donors (Lipinski definition) is 0. The van der Waals surface area contributed by atoms with Crippen LogP contribution in [-0.2, 0) is 9.53 Å². The number of benzene rings is 2. The number of ether oxygens (including phenoxy) is 3. The lowest BCUT2D eigenvalue weighted by Gasteiger charge is -2.05. The van der Waals surface area contributed by atoms with E-state index in [2.05, 4.69) is 20.9 Å². The number of esters is 1. The summed E-state index contributed by atoms with van der Waals surface area (Å²) in [6.45, 7) is 0. The van der Waals surface area contributed by atoms with Crippen LogP contribution in [0.4, 0.5) is 0 Å². The minimum absolute atomic E-state index is 0.234. The number of cyclic esters (lactones) is 1. The van der Waals surface area contributed by atoms with E-state index in [0.717, 1.165) is 15.8 Å². The lowest BCUT2D eigenvalue weighted by molar-refractivity contribution is -0.130. The van der Waals surface area contributed by atoms with Crippen molar-refractivity contribution in [3.05, 3.63) is 75.9 Å². The zero-order valence-electron chi connectivity index (χ0n) is 14.2. The van der Waals surface area contributed by atoms with E-state index in [1.165, 1.54) is 0 Å². The topological polar surface area (TPSA) is 57.1 Å². The van der Waals surface area contributed by atoms with Crippen LogP contribution in [0.2, 0.25) is 0 Å². The third-order valence-electron chi connectivity index (χ3n) is 3.69. The smallest absolute Gasteiger partial charge is 0.363 e. The molecule has 2 aromatic rings. The molecule has 1 aliphatic rings. The second-order valence-corrected chi connectivity index (χ2v) is 6.16. The Morgan fingerprint density at radius 3 is 2.58 bits per heavy atom. The monoisotopic (exact) mass is 413 g/mol. The highest BCUT2D eigenvalue weighted by Crippen LogP contribution is 2.27. The Labute approximate surface area is 159 Å². The third kappa shape index (κ3) is 3.86. The fraction of sp³-hybridized carbons (Fsp3) is 0.100. The van der Waals surface area contributed by atoms with Gasteiger partial charge < -0.3 is 14.2 Å². The van der Waals surface area contributed by atoms with Crippen molar-refractivity contribution in [2.45, 2.75) is 0 Å². The first-order valence-electron chi connectivity index (χ1n) is 7.78. The van der Waals surface area contributed by atoms with Gasteiger partial charge in [0.15, 0.2) is 5.70 Å². The Hall–Kier alpha value is -2.86. The molecule has 0 saturated carbocycles. The van der Waals surface area contributed by atoms with Crippen LogP contribution in [0.3, 0.4) is 0 Å². The minimum atomic E-state index is -0.489. The normalized spacial score (nSPS) is 15.3. The molecule has 3 rings (SSSR count). The Kier molecular flexibility index (Phi) is 5.53. The molecule has 0 aliphatic carbocycles. The summed E-state index contributed by atoms with van der Waals surface area (Å²) in [6.07, 6.45) is 5.20. The van der Waals surface area contributed by atoms with Gasteiger partial charge >= 0.3 is 5.97 Å². The van der Waals surface area contributed by atoms with Crippen molar-refractivity contribution in [2.75, 3.05) is 14.2 Å². The fourth-order valence-corrected chi connectivity index (χ4v) is 2.93. The van der Waals surface area contributed by atoms with Crippen molar-refractivity contribution < 1.29 is 19.0 Å². The number of allylic oxidation sites excluding steroid dienone is 2. The molecule has 0 unspecified atom stereocenters. The summed E-state index contributed by atoms with van der Waals surface area (Å²) in [4.78, 5) is 16.3. The van der Waals surface area contributed by atoms with Crippen LogP contribution in [0, 0.1) is 0 Å².